The van der Waals surface area contributed by atoms with Crippen LogP contribution in [0.15, 0.2) is 30.7 Å². The van der Waals surface area contributed by atoms with Crippen LogP contribution in [0.5, 0.6) is 0 Å². The van der Waals surface area contributed by atoms with Crippen molar-refractivity contribution in [3.8, 4) is 0 Å². The smallest absolute Gasteiger partial charge is 0.242 e. The Bertz CT molecular complexity index is 628. The molecule has 1 saturated carbocycles. The predicted octanol–water partition coefficient (Wildman–Crippen LogP) is 1.43. The van der Waals surface area contributed by atoms with Gasteiger partial charge in [0.15, 0.2) is 0 Å². The average Bonchev–Trinajstić information content (AvgIpc) is 2.94. The summed E-state index contributed by atoms with van der Waals surface area (Å²) >= 11 is 0. The molecule has 0 bridgehead atoms. The van der Waals surface area contributed by atoms with Gasteiger partial charge in [0.2, 0.25) is 5.91 Å². The van der Waals surface area contributed by atoms with E-state index in [0.29, 0.717) is 12.5 Å². The Kier molecular flexibility index (Phi) is 3.02. The first-order valence-electron chi connectivity index (χ1n) is 7.60. The van der Waals surface area contributed by atoms with Crippen molar-refractivity contribution in [1.82, 2.24) is 24.5 Å². The van der Waals surface area contributed by atoms with Crippen LogP contribution in [0.25, 0.3) is 0 Å². The fourth-order valence-electron chi connectivity index (χ4n) is 2.95. The summed E-state index contributed by atoms with van der Waals surface area (Å²) in [6.07, 6.45) is 9.36. The molecule has 1 unspecified atom stereocenters. The summed E-state index contributed by atoms with van der Waals surface area (Å²) in [5.41, 5.74) is 1.12. The summed E-state index contributed by atoms with van der Waals surface area (Å²) in [6, 6.07) is 4.16. The minimum Gasteiger partial charge on any atom is -0.345 e. The summed E-state index contributed by atoms with van der Waals surface area (Å²) < 4.78 is 3.87. The lowest BCUT2D eigenvalue weighted by Gasteiger charge is -2.16. The Balaban J connectivity index is 1.38. The molecule has 3 heterocycles. The second-order valence-corrected chi connectivity index (χ2v) is 6.04. The molecule has 1 atom stereocenters. The topological polar surface area (TPSA) is 56.0 Å². The fourth-order valence-corrected chi connectivity index (χ4v) is 2.95. The highest BCUT2D eigenvalue weighted by molar-refractivity contribution is 5.76. The lowest BCUT2D eigenvalue weighted by atomic mass is 10.2. The van der Waals surface area contributed by atoms with Crippen LogP contribution in [0.1, 0.15) is 36.9 Å². The third kappa shape index (κ3) is 2.57. The number of carbonyl (C=O) groups is 1. The van der Waals surface area contributed by atoms with Gasteiger partial charge in [-0.3, -0.25) is 4.79 Å². The molecule has 21 heavy (non-hydrogen) atoms. The van der Waals surface area contributed by atoms with E-state index in [2.05, 4.69) is 16.5 Å². The van der Waals surface area contributed by atoms with Gasteiger partial charge < -0.3 is 9.47 Å². The maximum absolute atomic E-state index is 12.3. The van der Waals surface area contributed by atoms with Gasteiger partial charge >= 0.3 is 0 Å². The molecule has 1 aliphatic carbocycles. The van der Waals surface area contributed by atoms with Crippen LogP contribution in [0.2, 0.25) is 0 Å². The van der Waals surface area contributed by atoms with Gasteiger partial charge in [-0.1, -0.05) is 5.21 Å². The summed E-state index contributed by atoms with van der Waals surface area (Å²) in [5, 5.41) is 8.51. The molecule has 6 heteroatoms. The molecule has 2 aromatic heterocycles. The number of nitrogens with zero attached hydrogens (tertiary/aromatic N) is 5. The number of likely N-dealkylation sites (tertiary alicyclic amines) is 1. The summed E-state index contributed by atoms with van der Waals surface area (Å²) in [4.78, 5) is 14.2. The van der Waals surface area contributed by atoms with E-state index < -0.39 is 0 Å². The molecular weight excluding hydrogens is 266 g/mol. The van der Waals surface area contributed by atoms with Crippen molar-refractivity contribution in [3.63, 3.8) is 0 Å². The summed E-state index contributed by atoms with van der Waals surface area (Å²) in [6.45, 7) is 1.97. The highest BCUT2D eigenvalue weighted by atomic mass is 16.2. The SMILES string of the molecule is O=C(Cn1cccc1)N1CCC(n2cc(C3CC3)nn2)C1. The lowest BCUT2D eigenvalue weighted by molar-refractivity contribution is -0.130. The van der Waals surface area contributed by atoms with Crippen LogP contribution in [0, 0.1) is 0 Å². The number of aromatic nitrogens is 4. The lowest BCUT2D eigenvalue weighted by Crippen LogP contribution is -2.32. The Hall–Kier alpha value is -2.11. The molecular formula is C15H19N5O. The fraction of sp³-hybridized carbons (Fsp3) is 0.533. The van der Waals surface area contributed by atoms with Crippen LogP contribution in [-0.2, 0) is 11.3 Å². The third-order valence-corrected chi connectivity index (χ3v) is 4.40. The minimum absolute atomic E-state index is 0.177. The van der Waals surface area contributed by atoms with E-state index in [-0.39, 0.29) is 11.9 Å². The Morgan fingerprint density at radius 1 is 1.24 bits per heavy atom. The van der Waals surface area contributed by atoms with Gasteiger partial charge in [-0.2, -0.15) is 0 Å². The molecule has 110 valence electrons. The zero-order valence-corrected chi connectivity index (χ0v) is 11.9. The van der Waals surface area contributed by atoms with Crippen molar-refractivity contribution in [2.45, 2.75) is 37.8 Å². The van der Waals surface area contributed by atoms with Crippen LogP contribution in [-0.4, -0.2) is 43.5 Å². The normalized spacial score (nSPS) is 21.9. The molecule has 6 nitrogen and oxygen atoms in total. The van der Waals surface area contributed by atoms with E-state index in [9.17, 15) is 4.79 Å². The molecule has 0 aromatic carbocycles. The first kappa shape index (κ1) is 12.6. The van der Waals surface area contributed by atoms with Gasteiger partial charge in [-0.25, -0.2) is 4.68 Å². The van der Waals surface area contributed by atoms with Crippen molar-refractivity contribution in [2.75, 3.05) is 13.1 Å². The van der Waals surface area contributed by atoms with Crippen LogP contribution in [0.3, 0.4) is 0 Å². The van der Waals surface area contributed by atoms with E-state index in [1.807, 2.05) is 38.7 Å². The van der Waals surface area contributed by atoms with E-state index in [1.54, 1.807) is 0 Å². The highest BCUT2D eigenvalue weighted by Gasteiger charge is 2.31. The molecule has 0 spiro atoms. The van der Waals surface area contributed by atoms with Gasteiger partial charge in [-0.05, 0) is 31.4 Å². The number of rotatable bonds is 4. The van der Waals surface area contributed by atoms with E-state index >= 15 is 0 Å². The van der Waals surface area contributed by atoms with Crippen LogP contribution in [0.4, 0.5) is 0 Å². The maximum atomic E-state index is 12.3. The van der Waals surface area contributed by atoms with Gasteiger partial charge in [0.1, 0.15) is 6.54 Å². The predicted molar refractivity (Wildman–Crippen MR) is 76.7 cm³/mol. The summed E-state index contributed by atoms with van der Waals surface area (Å²) in [7, 11) is 0. The molecule has 2 aromatic rings. The van der Waals surface area contributed by atoms with Gasteiger partial charge in [0.05, 0.1) is 11.7 Å². The molecule has 2 aliphatic rings. The number of hydrogen-bond acceptors (Lipinski definition) is 3. The monoisotopic (exact) mass is 285 g/mol. The van der Waals surface area contributed by atoms with Crippen LogP contribution < -0.4 is 0 Å². The standard InChI is InChI=1S/C15H19N5O/c21-15(11-18-6-1-2-7-18)19-8-5-13(9-19)20-10-14(16-17-20)12-3-4-12/h1-2,6-7,10,12-13H,3-5,8-9,11H2. The van der Waals surface area contributed by atoms with Crippen molar-refractivity contribution < 1.29 is 4.79 Å². The number of hydrogen-bond donors (Lipinski definition) is 0. The molecule has 0 N–H and O–H groups in total. The highest BCUT2D eigenvalue weighted by Crippen LogP contribution is 2.39. The minimum atomic E-state index is 0.177. The van der Waals surface area contributed by atoms with Gasteiger partial charge in [0, 0.05) is 37.6 Å². The number of carbonyl (C=O) groups excluding carboxylic acids is 1. The molecule has 4 rings (SSSR count). The Morgan fingerprint density at radius 2 is 2.05 bits per heavy atom. The molecule has 0 radical (unpaired) electrons. The molecule has 1 amide bonds. The van der Waals surface area contributed by atoms with Crippen molar-refractivity contribution in [2.24, 2.45) is 0 Å². The maximum Gasteiger partial charge on any atom is 0.242 e. The van der Waals surface area contributed by atoms with Crippen molar-refractivity contribution in [1.29, 1.82) is 0 Å². The molecule has 1 aliphatic heterocycles. The van der Waals surface area contributed by atoms with E-state index in [1.165, 1.54) is 12.8 Å². The first-order chi connectivity index (χ1) is 10.3. The van der Waals surface area contributed by atoms with Crippen LogP contribution >= 0.6 is 0 Å². The van der Waals surface area contributed by atoms with Gasteiger partial charge in [-0.15, -0.1) is 5.10 Å². The largest absolute Gasteiger partial charge is 0.345 e. The molecule has 2 fully saturated rings. The third-order valence-electron chi connectivity index (χ3n) is 4.40. The first-order valence-corrected chi connectivity index (χ1v) is 7.60. The summed E-state index contributed by atoms with van der Waals surface area (Å²) in [5.74, 6) is 0.808. The Labute approximate surface area is 123 Å². The average molecular weight is 285 g/mol. The quantitative estimate of drug-likeness (QED) is 0.854. The van der Waals surface area contributed by atoms with Gasteiger partial charge in [0.25, 0.3) is 0 Å². The van der Waals surface area contributed by atoms with Crippen molar-refractivity contribution in [3.05, 3.63) is 36.4 Å². The number of amides is 1. The van der Waals surface area contributed by atoms with E-state index in [0.717, 1.165) is 25.2 Å². The second kappa shape index (κ2) is 5.02. The Morgan fingerprint density at radius 3 is 2.81 bits per heavy atom. The zero-order valence-electron chi connectivity index (χ0n) is 11.9. The van der Waals surface area contributed by atoms with E-state index in [4.69, 9.17) is 0 Å². The second-order valence-electron chi connectivity index (χ2n) is 6.04. The molecule has 1 saturated heterocycles. The van der Waals surface area contributed by atoms with Crippen molar-refractivity contribution >= 4 is 5.91 Å². The zero-order chi connectivity index (χ0) is 14.2.